The van der Waals surface area contributed by atoms with E-state index < -0.39 is 0 Å². The van der Waals surface area contributed by atoms with Crippen LogP contribution in [0.4, 0.5) is 5.82 Å². The fourth-order valence-corrected chi connectivity index (χ4v) is 2.03. The number of aromatic nitrogens is 2. The van der Waals surface area contributed by atoms with E-state index in [0.29, 0.717) is 18.1 Å². The van der Waals surface area contributed by atoms with Crippen molar-refractivity contribution in [3.8, 4) is 0 Å². The number of hydrogen-bond acceptors (Lipinski definition) is 4. The van der Waals surface area contributed by atoms with Crippen molar-refractivity contribution in [2.45, 2.75) is 26.2 Å². The maximum Gasteiger partial charge on any atom is 0.270 e. The first-order valence-electron chi connectivity index (χ1n) is 7.67. The van der Waals surface area contributed by atoms with Crippen molar-refractivity contribution in [1.82, 2.24) is 15.3 Å². The SMILES string of the molecule is CCCCNc1cc(C(=O)NCCc2ccccc2)ncn1. The maximum absolute atomic E-state index is 12.1. The van der Waals surface area contributed by atoms with Crippen molar-refractivity contribution < 1.29 is 4.79 Å². The molecule has 0 bridgehead atoms. The zero-order chi connectivity index (χ0) is 15.6. The van der Waals surface area contributed by atoms with Crippen LogP contribution in [0, 0.1) is 0 Å². The van der Waals surface area contributed by atoms with Crippen LogP contribution in [0.1, 0.15) is 35.8 Å². The van der Waals surface area contributed by atoms with Crippen LogP contribution in [0.2, 0.25) is 0 Å². The van der Waals surface area contributed by atoms with Crippen LogP contribution in [-0.4, -0.2) is 29.0 Å². The lowest BCUT2D eigenvalue weighted by Crippen LogP contribution is -2.26. The van der Waals surface area contributed by atoms with Crippen molar-refractivity contribution in [3.63, 3.8) is 0 Å². The van der Waals surface area contributed by atoms with E-state index in [1.54, 1.807) is 6.07 Å². The minimum atomic E-state index is -0.170. The normalized spacial score (nSPS) is 10.2. The van der Waals surface area contributed by atoms with Crippen LogP contribution < -0.4 is 10.6 Å². The molecule has 1 amide bonds. The van der Waals surface area contributed by atoms with Gasteiger partial charge in [-0.3, -0.25) is 4.79 Å². The number of carbonyl (C=O) groups excluding carboxylic acids is 1. The molecule has 2 N–H and O–H groups in total. The van der Waals surface area contributed by atoms with Gasteiger partial charge < -0.3 is 10.6 Å². The lowest BCUT2D eigenvalue weighted by Gasteiger charge is -2.07. The highest BCUT2D eigenvalue weighted by atomic mass is 16.1. The third kappa shape index (κ3) is 5.16. The van der Waals surface area contributed by atoms with Crippen molar-refractivity contribution >= 4 is 11.7 Å². The molecule has 0 saturated heterocycles. The van der Waals surface area contributed by atoms with Gasteiger partial charge in [-0.1, -0.05) is 43.7 Å². The fraction of sp³-hybridized carbons (Fsp3) is 0.353. The summed E-state index contributed by atoms with van der Waals surface area (Å²) in [6.45, 7) is 3.57. The van der Waals surface area contributed by atoms with E-state index in [4.69, 9.17) is 0 Å². The van der Waals surface area contributed by atoms with E-state index in [-0.39, 0.29) is 5.91 Å². The second kappa shape index (κ2) is 8.77. The Labute approximate surface area is 131 Å². The molecule has 1 heterocycles. The van der Waals surface area contributed by atoms with E-state index in [2.05, 4.69) is 27.5 Å². The lowest BCUT2D eigenvalue weighted by molar-refractivity contribution is 0.0949. The Balaban J connectivity index is 1.82. The Morgan fingerprint density at radius 1 is 1.14 bits per heavy atom. The standard InChI is InChI=1S/C17H22N4O/c1-2-3-10-18-16-12-15(20-13-21-16)17(22)19-11-9-14-7-5-4-6-8-14/h4-8,12-13H,2-3,9-11H2,1H3,(H,19,22)(H,18,20,21). The quantitative estimate of drug-likeness (QED) is 0.735. The highest BCUT2D eigenvalue weighted by Crippen LogP contribution is 2.05. The van der Waals surface area contributed by atoms with Gasteiger partial charge in [-0.25, -0.2) is 9.97 Å². The number of rotatable bonds is 8. The highest BCUT2D eigenvalue weighted by Gasteiger charge is 2.08. The zero-order valence-corrected chi connectivity index (χ0v) is 12.9. The number of carbonyl (C=O) groups is 1. The summed E-state index contributed by atoms with van der Waals surface area (Å²) < 4.78 is 0. The number of unbranched alkanes of at least 4 members (excludes halogenated alkanes) is 1. The molecule has 2 rings (SSSR count). The molecule has 0 saturated carbocycles. The van der Waals surface area contributed by atoms with E-state index in [9.17, 15) is 4.79 Å². The van der Waals surface area contributed by atoms with Crippen molar-refractivity contribution in [2.24, 2.45) is 0 Å². The van der Waals surface area contributed by atoms with E-state index in [1.165, 1.54) is 11.9 Å². The molecule has 0 unspecified atom stereocenters. The van der Waals surface area contributed by atoms with Crippen LogP contribution in [0.25, 0.3) is 0 Å². The third-order valence-electron chi connectivity index (χ3n) is 3.28. The smallest absolute Gasteiger partial charge is 0.270 e. The molecule has 0 spiro atoms. The molecule has 1 aromatic carbocycles. The fourth-order valence-electron chi connectivity index (χ4n) is 2.03. The van der Waals surface area contributed by atoms with Crippen LogP contribution in [0.3, 0.4) is 0 Å². The van der Waals surface area contributed by atoms with Gasteiger partial charge in [-0.05, 0) is 18.4 Å². The summed E-state index contributed by atoms with van der Waals surface area (Å²) in [6, 6.07) is 11.8. The Morgan fingerprint density at radius 3 is 2.73 bits per heavy atom. The zero-order valence-electron chi connectivity index (χ0n) is 12.9. The molecular formula is C17H22N4O. The van der Waals surface area contributed by atoms with E-state index >= 15 is 0 Å². The number of nitrogens with zero attached hydrogens (tertiary/aromatic N) is 2. The topological polar surface area (TPSA) is 66.9 Å². The minimum absolute atomic E-state index is 0.170. The molecule has 1 aromatic heterocycles. The molecule has 0 aliphatic rings. The lowest BCUT2D eigenvalue weighted by atomic mass is 10.1. The second-order valence-electron chi connectivity index (χ2n) is 5.06. The third-order valence-corrected chi connectivity index (χ3v) is 3.28. The summed E-state index contributed by atoms with van der Waals surface area (Å²) in [7, 11) is 0. The number of anilines is 1. The molecule has 116 valence electrons. The minimum Gasteiger partial charge on any atom is -0.370 e. The van der Waals surface area contributed by atoms with Gasteiger partial charge in [0.25, 0.3) is 5.91 Å². The van der Waals surface area contributed by atoms with Crippen LogP contribution in [0.5, 0.6) is 0 Å². The van der Waals surface area contributed by atoms with Crippen LogP contribution >= 0.6 is 0 Å². The van der Waals surface area contributed by atoms with Gasteiger partial charge >= 0.3 is 0 Å². The van der Waals surface area contributed by atoms with Gasteiger partial charge in [0.1, 0.15) is 17.8 Å². The van der Waals surface area contributed by atoms with Gasteiger partial charge in [0.05, 0.1) is 0 Å². The Hall–Kier alpha value is -2.43. The Bertz CT molecular complexity index is 586. The average Bonchev–Trinajstić information content (AvgIpc) is 2.56. The number of nitrogens with one attached hydrogen (secondary N) is 2. The highest BCUT2D eigenvalue weighted by molar-refractivity contribution is 5.92. The first kappa shape index (κ1) is 15.9. The summed E-state index contributed by atoms with van der Waals surface area (Å²) in [4.78, 5) is 20.2. The van der Waals surface area contributed by atoms with Gasteiger partial charge in [0.2, 0.25) is 0 Å². The van der Waals surface area contributed by atoms with Crippen molar-refractivity contribution in [3.05, 3.63) is 54.0 Å². The number of amides is 1. The molecule has 0 fully saturated rings. The first-order valence-corrected chi connectivity index (χ1v) is 7.67. The summed E-state index contributed by atoms with van der Waals surface area (Å²) in [5.41, 5.74) is 1.59. The summed E-state index contributed by atoms with van der Waals surface area (Å²) in [6.07, 6.45) is 4.41. The Morgan fingerprint density at radius 2 is 1.95 bits per heavy atom. The maximum atomic E-state index is 12.1. The molecule has 0 radical (unpaired) electrons. The summed E-state index contributed by atoms with van der Waals surface area (Å²) >= 11 is 0. The van der Waals surface area contributed by atoms with Crippen molar-refractivity contribution in [1.29, 1.82) is 0 Å². The van der Waals surface area contributed by atoms with E-state index in [1.807, 2.05) is 30.3 Å². The molecule has 0 atom stereocenters. The van der Waals surface area contributed by atoms with Gasteiger partial charge in [0, 0.05) is 19.2 Å². The number of benzene rings is 1. The Kier molecular flexibility index (Phi) is 6.36. The number of hydrogen-bond donors (Lipinski definition) is 2. The molecule has 0 aliphatic heterocycles. The summed E-state index contributed by atoms with van der Waals surface area (Å²) in [5, 5.41) is 6.08. The molecule has 22 heavy (non-hydrogen) atoms. The predicted molar refractivity (Wildman–Crippen MR) is 87.9 cm³/mol. The molecule has 5 heteroatoms. The van der Waals surface area contributed by atoms with Crippen molar-refractivity contribution in [2.75, 3.05) is 18.4 Å². The van der Waals surface area contributed by atoms with Crippen LogP contribution in [-0.2, 0) is 6.42 Å². The van der Waals surface area contributed by atoms with Gasteiger partial charge in [-0.15, -0.1) is 0 Å². The van der Waals surface area contributed by atoms with Gasteiger partial charge in [0.15, 0.2) is 0 Å². The van der Waals surface area contributed by atoms with E-state index in [0.717, 1.165) is 25.8 Å². The predicted octanol–water partition coefficient (Wildman–Crippen LogP) is 2.66. The second-order valence-corrected chi connectivity index (χ2v) is 5.06. The summed E-state index contributed by atoms with van der Waals surface area (Å²) in [5.74, 6) is 0.522. The molecule has 2 aromatic rings. The monoisotopic (exact) mass is 298 g/mol. The van der Waals surface area contributed by atoms with Crippen LogP contribution in [0.15, 0.2) is 42.7 Å². The average molecular weight is 298 g/mol. The molecule has 0 aliphatic carbocycles. The molecule has 5 nitrogen and oxygen atoms in total. The van der Waals surface area contributed by atoms with Gasteiger partial charge in [-0.2, -0.15) is 0 Å². The largest absolute Gasteiger partial charge is 0.370 e. The first-order chi connectivity index (χ1) is 10.8. The molecular weight excluding hydrogens is 276 g/mol.